The van der Waals surface area contributed by atoms with Crippen LogP contribution in [0.15, 0.2) is 23.5 Å². The number of piperidine rings is 1. The van der Waals surface area contributed by atoms with E-state index in [1.54, 1.807) is 13.0 Å². The van der Waals surface area contributed by atoms with Gasteiger partial charge >= 0.3 is 0 Å². The first-order chi connectivity index (χ1) is 13.9. The van der Waals surface area contributed by atoms with E-state index in [4.69, 9.17) is 14.6 Å². The van der Waals surface area contributed by atoms with Crippen molar-refractivity contribution < 1.29 is 23.0 Å². The number of sulfone groups is 1. The van der Waals surface area contributed by atoms with Gasteiger partial charge in [0.05, 0.1) is 30.9 Å². The Labute approximate surface area is 169 Å². The Morgan fingerprint density at radius 2 is 2.03 bits per heavy atom. The lowest BCUT2D eigenvalue weighted by molar-refractivity contribution is 0.149. The summed E-state index contributed by atoms with van der Waals surface area (Å²) in [5.74, 6) is 0.734. The monoisotopic (exact) mass is 423 g/mol. The van der Waals surface area contributed by atoms with Crippen molar-refractivity contribution in [1.29, 1.82) is 0 Å². The summed E-state index contributed by atoms with van der Waals surface area (Å²) in [6, 6.07) is 2.99. The standard InChI is InChI=1S/C18H25N5O5S/c1-12-14(3-4-15(22-12)29(25,26)10-9-24)23-17-16(27-2)18(21-11-20-17)28-13-5-7-19-8-6-13/h3-4,11,13,19,24H,5-10H2,1-2H3,(H,20,21,23). The Kier molecular flexibility index (Phi) is 6.83. The molecule has 3 rings (SSSR count). The molecular weight excluding hydrogens is 398 g/mol. The summed E-state index contributed by atoms with van der Waals surface area (Å²) in [6.07, 6.45) is 3.18. The number of aliphatic hydroxyl groups excluding tert-OH is 1. The summed E-state index contributed by atoms with van der Waals surface area (Å²) in [5, 5.41) is 15.2. The molecule has 1 fully saturated rings. The van der Waals surface area contributed by atoms with Gasteiger partial charge in [0.2, 0.25) is 5.75 Å². The molecule has 0 spiro atoms. The highest BCUT2D eigenvalue weighted by molar-refractivity contribution is 7.91. The highest BCUT2D eigenvalue weighted by atomic mass is 32.2. The molecule has 0 radical (unpaired) electrons. The molecule has 158 valence electrons. The fraction of sp³-hybridized carbons (Fsp3) is 0.500. The van der Waals surface area contributed by atoms with Crippen molar-refractivity contribution >= 4 is 21.3 Å². The Hall–Kier alpha value is -2.50. The predicted octanol–water partition coefficient (Wildman–Crippen LogP) is 0.829. The van der Waals surface area contributed by atoms with Crippen molar-refractivity contribution in [3.05, 3.63) is 24.2 Å². The normalized spacial score (nSPS) is 15.1. The van der Waals surface area contributed by atoms with Crippen LogP contribution in [0.5, 0.6) is 11.6 Å². The van der Waals surface area contributed by atoms with Gasteiger partial charge < -0.3 is 25.2 Å². The van der Waals surface area contributed by atoms with Crippen LogP contribution in [-0.2, 0) is 9.84 Å². The van der Waals surface area contributed by atoms with Crippen LogP contribution < -0.4 is 20.1 Å². The van der Waals surface area contributed by atoms with Gasteiger partial charge in [-0.2, -0.15) is 4.98 Å². The zero-order valence-corrected chi connectivity index (χ0v) is 17.2. The average molecular weight is 423 g/mol. The number of nitrogens with zero attached hydrogens (tertiary/aromatic N) is 3. The number of aromatic nitrogens is 3. The van der Waals surface area contributed by atoms with Crippen molar-refractivity contribution in [1.82, 2.24) is 20.3 Å². The molecule has 2 aromatic rings. The van der Waals surface area contributed by atoms with Crippen LogP contribution in [-0.4, -0.2) is 67.1 Å². The van der Waals surface area contributed by atoms with Crippen molar-refractivity contribution in [2.45, 2.75) is 30.9 Å². The van der Waals surface area contributed by atoms with Crippen LogP contribution in [0.3, 0.4) is 0 Å². The minimum absolute atomic E-state index is 0.0484. The second-order valence-electron chi connectivity index (χ2n) is 6.58. The average Bonchev–Trinajstić information content (AvgIpc) is 2.70. The molecule has 1 aliphatic rings. The van der Waals surface area contributed by atoms with E-state index in [1.807, 2.05) is 0 Å². The van der Waals surface area contributed by atoms with E-state index >= 15 is 0 Å². The van der Waals surface area contributed by atoms with Gasteiger partial charge in [-0.15, -0.1) is 0 Å². The molecule has 0 unspecified atom stereocenters. The maximum absolute atomic E-state index is 12.1. The summed E-state index contributed by atoms with van der Waals surface area (Å²) in [6.45, 7) is 3.00. The molecule has 0 bridgehead atoms. The first-order valence-electron chi connectivity index (χ1n) is 9.29. The lowest BCUT2D eigenvalue weighted by Crippen LogP contribution is -2.34. The number of ether oxygens (including phenoxy) is 2. The van der Waals surface area contributed by atoms with Crippen molar-refractivity contribution in [2.24, 2.45) is 0 Å². The fourth-order valence-corrected chi connectivity index (χ4v) is 3.98. The van der Waals surface area contributed by atoms with E-state index < -0.39 is 16.4 Å². The van der Waals surface area contributed by atoms with E-state index in [2.05, 4.69) is 25.6 Å². The predicted molar refractivity (Wildman–Crippen MR) is 106 cm³/mol. The van der Waals surface area contributed by atoms with Gasteiger partial charge in [-0.3, -0.25) is 0 Å². The zero-order valence-electron chi connectivity index (χ0n) is 16.4. The van der Waals surface area contributed by atoms with E-state index in [0.29, 0.717) is 28.8 Å². The quantitative estimate of drug-likeness (QED) is 0.560. The molecule has 3 N–H and O–H groups in total. The SMILES string of the molecule is COc1c(Nc2ccc(S(=O)(=O)CCO)nc2C)ncnc1OC1CCNCC1. The van der Waals surface area contributed by atoms with Crippen molar-refractivity contribution in [2.75, 3.05) is 37.9 Å². The molecule has 1 aliphatic heterocycles. The molecule has 11 heteroatoms. The maximum atomic E-state index is 12.1. The second-order valence-corrected chi connectivity index (χ2v) is 8.63. The van der Waals surface area contributed by atoms with Gasteiger partial charge in [0.15, 0.2) is 20.7 Å². The van der Waals surface area contributed by atoms with E-state index in [9.17, 15) is 8.42 Å². The first-order valence-corrected chi connectivity index (χ1v) is 10.9. The third-order valence-electron chi connectivity index (χ3n) is 4.53. The summed E-state index contributed by atoms with van der Waals surface area (Å²) in [5.41, 5.74) is 1.03. The van der Waals surface area contributed by atoms with Gasteiger partial charge in [0.25, 0.3) is 5.88 Å². The Morgan fingerprint density at radius 3 is 2.69 bits per heavy atom. The van der Waals surface area contributed by atoms with E-state index in [0.717, 1.165) is 25.9 Å². The topological polar surface area (TPSA) is 136 Å². The molecule has 3 heterocycles. The van der Waals surface area contributed by atoms with Crippen LogP contribution in [0.2, 0.25) is 0 Å². The Bertz CT molecular complexity index is 948. The summed E-state index contributed by atoms with van der Waals surface area (Å²) in [7, 11) is -2.11. The molecular formula is C18H25N5O5S. The number of hydrogen-bond donors (Lipinski definition) is 3. The molecule has 0 aromatic carbocycles. The molecule has 29 heavy (non-hydrogen) atoms. The number of aliphatic hydroxyl groups is 1. The van der Waals surface area contributed by atoms with E-state index in [1.165, 1.54) is 19.5 Å². The number of methoxy groups -OCH3 is 1. The van der Waals surface area contributed by atoms with Crippen LogP contribution >= 0.6 is 0 Å². The molecule has 0 aliphatic carbocycles. The minimum atomic E-state index is -3.62. The van der Waals surface area contributed by atoms with Gasteiger partial charge in [-0.05, 0) is 45.0 Å². The molecule has 1 saturated heterocycles. The van der Waals surface area contributed by atoms with Crippen molar-refractivity contribution in [3.8, 4) is 11.6 Å². The second kappa shape index (κ2) is 9.33. The lowest BCUT2D eigenvalue weighted by Gasteiger charge is -2.24. The van der Waals surface area contributed by atoms with Crippen LogP contribution in [0.4, 0.5) is 11.5 Å². The number of anilines is 2. The highest BCUT2D eigenvalue weighted by Crippen LogP contribution is 2.34. The minimum Gasteiger partial charge on any atom is -0.489 e. The third kappa shape index (κ3) is 5.11. The summed E-state index contributed by atoms with van der Waals surface area (Å²) < 4.78 is 35.6. The van der Waals surface area contributed by atoms with Crippen LogP contribution in [0.25, 0.3) is 0 Å². The number of aryl methyl sites for hydroxylation is 1. The molecule has 10 nitrogen and oxygen atoms in total. The molecule has 2 aromatic heterocycles. The number of hydrogen-bond acceptors (Lipinski definition) is 10. The van der Waals surface area contributed by atoms with Crippen LogP contribution in [0, 0.1) is 6.92 Å². The zero-order chi connectivity index (χ0) is 20.9. The van der Waals surface area contributed by atoms with Gasteiger partial charge in [0, 0.05) is 0 Å². The Morgan fingerprint density at radius 1 is 1.28 bits per heavy atom. The van der Waals surface area contributed by atoms with Gasteiger partial charge in [-0.1, -0.05) is 0 Å². The first kappa shape index (κ1) is 21.2. The maximum Gasteiger partial charge on any atom is 0.262 e. The van der Waals surface area contributed by atoms with Gasteiger partial charge in [0.1, 0.15) is 12.4 Å². The smallest absolute Gasteiger partial charge is 0.262 e. The number of pyridine rings is 1. The summed E-state index contributed by atoms with van der Waals surface area (Å²) >= 11 is 0. The Balaban J connectivity index is 1.83. The number of nitrogens with one attached hydrogen (secondary N) is 2. The lowest BCUT2D eigenvalue weighted by atomic mass is 10.1. The largest absolute Gasteiger partial charge is 0.489 e. The summed E-state index contributed by atoms with van der Waals surface area (Å²) in [4.78, 5) is 12.6. The highest BCUT2D eigenvalue weighted by Gasteiger charge is 2.21. The fourth-order valence-electron chi connectivity index (χ4n) is 2.98. The molecule has 0 saturated carbocycles. The van der Waals surface area contributed by atoms with Crippen molar-refractivity contribution in [3.63, 3.8) is 0 Å². The molecule has 0 amide bonds. The van der Waals surface area contributed by atoms with E-state index in [-0.39, 0.29) is 16.9 Å². The third-order valence-corrected chi connectivity index (χ3v) is 6.12. The van der Waals surface area contributed by atoms with Gasteiger partial charge in [-0.25, -0.2) is 18.4 Å². The number of rotatable bonds is 8. The molecule has 0 atom stereocenters. The van der Waals surface area contributed by atoms with Crippen LogP contribution in [0.1, 0.15) is 18.5 Å².